The maximum Gasteiger partial charge on any atom is 0.244 e. The van der Waals surface area contributed by atoms with Gasteiger partial charge in [-0.25, -0.2) is 13.1 Å². The summed E-state index contributed by atoms with van der Waals surface area (Å²) in [4.78, 5) is 2.54. The highest BCUT2D eigenvalue weighted by molar-refractivity contribution is 7.89. The van der Waals surface area contributed by atoms with E-state index < -0.39 is 10.0 Å². The number of nitrogens with one attached hydrogen (secondary N) is 2. The van der Waals surface area contributed by atoms with E-state index in [0.29, 0.717) is 17.1 Å². The zero-order valence-electron chi connectivity index (χ0n) is 15.9. The van der Waals surface area contributed by atoms with E-state index in [1.165, 1.54) is 0 Å². The van der Waals surface area contributed by atoms with Gasteiger partial charge in [-0.3, -0.25) is 10.00 Å². The number of hydrogen-bond donors (Lipinski definition) is 2. The number of sulfonamides is 1. The number of aryl methyl sites for hydroxylation is 2. The van der Waals surface area contributed by atoms with Crippen molar-refractivity contribution in [2.75, 3.05) is 26.4 Å². The molecule has 1 fully saturated rings. The number of halogens is 1. The molecule has 154 valence electrons. The highest BCUT2D eigenvalue weighted by Gasteiger charge is 2.29. The van der Waals surface area contributed by atoms with Crippen LogP contribution in [0.3, 0.4) is 0 Å². The lowest BCUT2D eigenvalue weighted by Crippen LogP contribution is -2.37. The molecular weight excluding hydrogens is 404 g/mol. The van der Waals surface area contributed by atoms with Crippen molar-refractivity contribution in [2.45, 2.75) is 37.6 Å². The van der Waals surface area contributed by atoms with Gasteiger partial charge in [0, 0.05) is 12.6 Å². The summed E-state index contributed by atoms with van der Waals surface area (Å²) in [7, 11) is -3.65. The lowest BCUT2D eigenvalue weighted by molar-refractivity contribution is 0.173. The zero-order valence-corrected chi connectivity index (χ0v) is 17.5. The first-order valence-electron chi connectivity index (χ1n) is 9.10. The Balaban J connectivity index is 0.00000225. The molecule has 1 atom stereocenters. The van der Waals surface area contributed by atoms with Crippen LogP contribution in [0.1, 0.15) is 35.8 Å². The Hall–Kier alpha value is -1.81. The molecule has 2 aromatic rings. The molecular formula is C18H25ClN4O4S. The van der Waals surface area contributed by atoms with Gasteiger partial charge in [-0.1, -0.05) is 6.07 Å². The minimum atomic E-state index is -3.65. The van der Waals surface area contributed by atoms with Crippen LogP contribution in [0.25, 0.3) is 0 Å². The number of ether oxygens (including phenoxy) is 2. The Kier molecular flexibility index (Phi) is 6.18. The third-order valence-electron chi connectivity index (χ3n) is 5.16. The average Bonchev–Trinajstić information content (AvgIpc) is 3.36. The molecule has 1 unspecified atom stereocenters. The maximum atomic E-state index is 12.8. The summed E-state index contributed by atoms with van der Waals surface area (Å²) in [6.45, 7) is 5.80. The monoisotopic (exact) mass is 428 g/mol. The Morgan fingerprint density at radius 2 is 1.93 bits per heavy atom. The minimum Gasteiger partial charge on any atom is -0.454 e. The highest BCUT2D eigenvalue weighted by Crippen LogP contribution is 2.36. The summed E-state index contributed by atoms with van der Waals surface area (Å²) >= 11 is 0. The third kappa shape index (κ3) is 3.98. The summed E-state index contributed by atoms with van der Waals surface area (Å²) in [6.07, 6.45) is 2.24. The average molecular weight is 429 g/mol. The molecule has 28 heavy (non-hydrogen) atoms. The molecule has 10 heteroatoms. The zero-order chi connectivity index (χ0) is 19.0. The van der Waals surface area contributed by atoms with Crippen LogP contribution in [-0.4, -0.2) is 49.9 Å². The van der Waals surface area contributed by atoms with Crippen LogP contribution in [0.4, 0.5) is 0 Å². The van der Waals surface area contributed by atoms with Crippen LogP contribution >= 0.6 is 12.4 Å². The first-order chi connectivity index (χ1) is 13.0. The van der Waals surface area contributed by atoms with Gasteiger partial charge in [0.25, 0.3) is 0 Å². The molecule has 4 rings (SSSR count). The molecule has 0 amide bonds. The quantitative estimate of drug-likeness (QED) is 0.732. The summed E-state index contributed by atoms with van der Waals surface area (Å²) in [5.41, 5.74) is 2.03. The van der Waals surface area contributed by atoms with Crippen molar-refractivity contribution in [3.8, 4) is 11.5 Å². The minimum absolute atomic E-state index is 0. The van der Waals surface area contributed by atoms with Gasteiger partial charge in [-0.15, -0.1) is 12.4 Å². The van der Waals surface area contributed by atoms with Crippen molar-refractivity contribution in [2.24, 2.45) is 0 Å². The molecule has 8 nitrogen and oxygen atoms in total. The third-order valence-corrected chi connectivity index (χ3v) is 6.84. The van der Waals surface area contributed by atoms with E-state index in [1.807, 2.05) is 18.2 Å². The number of nitrogens with zero attached hydrogens (tertiary/aromatic N) is 2. The molecule has 0 aliphatic carbocycles. The van der Waals surface area contributed by atoms with Gasteiger partial charge >= 0.3 is 0 Å². The van der Waals surface area contributed by atoms with Crippen LogP contribution in [0.5, 0.6) is 11.5 Å². The molecule has 0 saturated carbocycles. The standard InChI is InChI=1S/C18H24N4O4S.ClH/c1-12-18(13(2)21-20-12)27(23,24)19-10-15(22-7-3-4-8-22)14-5-6-16-17(9-14)26-11-25-16;/h5-6,9,15,19H,3-4,7-8,10-11H2,1-2H3,(H,20,21);1H. The fourth-order valence-corrected chi connectivity index (χ4v) is 5.23. The van der Waals surface area contributed by atoms with Gasteiger partial charge in [0.05, 0.1) is 11.4 Å². The Bertz CT molecular complexity index is 922. The van der Waals surface area contributed by atoms with Crippen molar-refractivity contribution >= 4 is 22.4 Å². The number of aromatic nitrogens is 2. The van der Waals surface area contributed by atoms with E-state index in [2.05, 4.69) is 19.8 Å². The van der Waals surface area contributed by atoms with E-state index in [-0.39, 0.29) is 36.7 Å². The molecule has 1 aromatic heterocycles. The molecule has 1 saturated heterocycles. The topological polar surface area (TPSA) is 96.5 Å². The lowest BCUT2D eigenvalue weighted by Gasteiger charge is -2.28. The normalized spacial score (nSPS) is 17.5. The van der Waals surface area contributed by atoms with Crippen molar-refractivity contribution in [3.63, 3.8) is 0 Å². The van der Waals surface area contributed by atoms with E-state index in [0.717, 1.165) is 37.2 Å². The lowest BCUT2D eigenvalue weighted by atomic mass is 10.1. The Morgan fingerprint density at radius 1 is 1.21 bits per heavy atom. The van der Waals surface area contributed by atoms with Crippen LogP contribution in [0.2, 0.25) is 0 Å². The van der Waals surface area contributed by atoms with Crippen LogP contribution in [0.15, 0.2) is 23.1 Å². The van der Waals surface area contributed by atoms with E-state index in [9.17, 15) is 8.42 Å². The summed E-state index contributed by atoms with van der Waals surface area (Å²) in [6, 6.07) is 5.76. The molecule has 3 heterocycles. The van der Waals surface area contributed by atoms with Gasteiger partial charge in [-0.2, -0.15) is 5.10 Å². The maximum absolute atomic E-state index is 12.8. The Morgan fingerprint density at radius 3 is 2.61 bits per heavy atom. The SMILES string of the molecule is Cc1n[nH]c(C)c1S(=O)(=O)NCC(c1ccc2c(c1)OCO2)N1CCCC1.Cl. The van der Waals surface area contributed by atoms with Crippen LogP contribution < -0.4 is 14.2 Å². The number of rotatable bonds is 6. The predicted octanol–water partition coefficient (Wildman–Crippen LogP) is 2.29. The number of likely N-dealkylation sites (tertiary alicyclic amines) is 1. The van der Waals surface area contributed by atoms with Crippen molar-refractivity contribution < 1.29 is 17.9 Å². The van der Waals surface area contributed by atoms with E-state index in [1.54, 1.807) is 13.8 Å². The summed E-state index contributed by atoms with van der Waals surface area (Å²) in [5, 5.41) is 6.74. The summed E-state index contributed by atoms with van der Waals surface area (Å²) in [5.74, 6) is 1.44. The molecule has 0 radical (unpaired) electrons. The second-order valence-corrected chi connectivity index (χ2v) is 8.69. The number of fused-ring (bicyclic) bond motifs is 1. The van der Waals surface area contributed by atoms with Gasteiger partial charge < -0.3 is 9.47 Å². The first kappa shape index (κ1) is 20.9. The smallest absolute Gasteiger partial charge is 0.244 e. The predicted molar refractivity (Wildman–Crippen MR) is 107 cm³/mol. The van der Waals surface area contributed by atoms with Crippen molar-refractivity contribution in [1.82, 2.24) is 19.8 Å². The number of aromatic amines is 1. The molecule has 0 bridgehead atoms. The fourth-order valence-electron chi connectivity index (χ4n) is 3.83. The second kappa shape index (κ2) is 8.28. The number of H-pyrrole nitrogens is 1. The Labute approximate surface area is 171 Å². The molecule has 1 aromatic carbocycles. The summed E-state index contributed by atoms with van der Waals surface area (Å²) < 4.78 is 39.3. The molecule has 0 spiro atoms. The van der Waals surface area contributed by atoms with Gasteiger partial charge in [0.2, 0.25) is 16.8 Å². The van der Waals surface area contributed by atoms with Crippen molar-refractivity contribution in [3.05, 3.63) is 35.2 Å². The number of hydrogen-bond acceptors (Lipinski definition) is 6. The molecule has 2 aliphatic rings. The largest absolute Gasteiger partial charge is 0.454 e. The van der Waals surface area contributed by atoms with Crippen molar-refractivity contribution in [1.29, 1.82) is 0 Å². The van der Waals surface area contributed by atoms with Gasteiger partial charge in [-0.05, 0) is 57.5 Å². The fraction of sp³-hybridized carbons (Fsp3) is 0.500. The van der Waals surface area contributed by atoms with Gasteiger partial charge in [0.15, 0.2) is 11.5 Å². The van der Waals surface area contributed by atoms with E-state index >= 15 is 0 Å². The molecule has 2 aliphatic heterocycles. The highest BCUT2D eigenvalue weighted by atomic mass is 35.5. The second-order valence-electron chi connectivity index (χ2n) is 6.99. The number of benzene rings is 1. The van der Waals surface area contributed by atoms with Gasteiger partial charge in [0.1, 0.15) is 4.90 Å². The van der Waals surface area contributed by atoms with Crippen LogP contribution in [-0.2, 0) is 10.0 Å². The first-order valence-corrected chi connectivity index (χ1v) is 10.6. The van der Waals surface area contributed by atoms with Crippen LogP contribution in [0, 0.1) is 13.8 Å². The van der Waals surface area contributed by atoms with E-state index in [4.69, 9.17) is 9.47 Å². The molecule has 2 N–H and O–H groups in total.